The Morgan fingerprint density at radius 1 is 1.62 bits per heavy atom. The van der Waals surface area contributed by atoms with Gasteiger partial charge >= 0.3 is 0 Å². The molecule has 1 rings (SSSR count). The molecule has 3 N–H and O–H groups in total. The third kappa shape index (κ3) is 4.37. The number of aliphatic hydroxyl groups excluding tert-OH is 1. The van der Waals surface area contributed by atoms with Gasteiger partial charge in [-0.1, -0.05) is 5.21 Å². The van der Waals surface area contributed by atoms with Crippen molar-refractivity contribution >= 4 is 5.91 Å². The van der Waals surface area contributed by atoms with E-state index in [1.165, 1.54) is 0 Å². The molecule has 90 valence electrons. The van der Waals surface area contributed by atoms with E-state index in [0.717, 1.165) is 5.69 Å². The topological polar surface area (TPSA) is 92.1 Å². The average molecular weight is 227 g/mol. The molecule has 1 amide bonds. The molecule has 0 atom stereocenters. The molecular weight excluding hydrogens is 210 g/mol. The third-order valence-electron chi connectivity index (χ3n) is 2.03. The van der Waals surface area contributed by atoms with Crippen LogP contribution in [-0.2, 0) is 17.9 Å². The monoisotopic (exact) mass is 227 g/mol. The number of nitrogens with one attached hydrogen (secondary N) is 2. The lowest BCUT2D eigenvalue weighted by Gasteiger charge is -2.00. The van der Waals surface area contributed by atoms with Gasteiger partial charge in [-0.25, -0.2) is 4.68 Å². The highest BCUT2D eigenvalue weighted by Crippen LogP contribution is 1.92. The largest absolute Gasteiger partial charge is 0.394 e. The van der Waals surface area contributed by atoms with Crippen LogP contribution < -0.4 is 10.6 Å². The Hall–Kier alpha value is -1.47. The third-order valence-corrected chi connectivity index (χ3v) is 2.03. The minimum atomic E-state index is 0.0106. The van der Waals surface area contributed by atoms with Gasteiger partial charge in [0.2, 0.25) is 5.91 Å². The van der Waals surface area contributed by atoms with Crippen molar-refractivity contribution in [1.82, 2.24) is 25.6 Å². The molecule has 1 aromatic heterocycles. The van der Waals surface area contributed by atoms with Crippen LogP contribution in [0.2, 0.25) is 0 Å². The van der Waals surface area contributed by atoms with Crippen molar-refractivity contribution in [3.8, 4) is 0 Å². The summed E-state index contributed by atoms with van der Waals surface area (Å²) in [5.41, 5.74) is 0.797. The normalized spacial score (nSPS) is 10.4. The van der Waals surface area contributed by atoms with Gasteiger partial charge in [0.1, 0.15) is 0 Å². The van der Waals surface area contributed by atoms with Crippen molar-refractivity contribution in [2.45, 2.75) is 19.5 Å². The second-order valence-electron chi connectivity index (χ2n) is 3.30. The van der Waals surface area contributed by atoms with Gasteiger partial charge in [0.05, 0.1) is 18.8 Å². The van der Waals surface area contributed by atoms with Crippen LogP contribution in [0.3, 0.4) is 0 Å². The van der Waals surface area contributed by atoms with Gasteiger partial charge in [-0.3, -0.25) is 4.79 Å². The lowest BCUT2D eigenvalue weighted by Crippen LogP contribution is -2.24. The van der Waals surface area contributed by atoms with Gasteiger partial charge in [-0.05, 0) is 0 Å². The summed E-state index contributed by atoms with van der Waals surface area (Å²) in [6.07, 6.45) is 2.21. The van der Waals surface area contributed by atoms with Gasteiger partial charge in [-0.15, -0.1) is 5.10 Å². The van der Waals surface area contributed by atoms with E-state index >= 15 is 0 Å². The van der Waals surface area contributed by atoms with Crippen LogP contribution in [0.5, 0.6) is 0 Å². The van der Waals surface area contributed by atoms with E-state index < -0.39 is 0 Å². The van der Waals surface area contributed by atoms with Gasteiger partial charge in [0, 0.05) is 32.8 Å². The molecular formula is C9H17N5O2. The second kappa shape index (κ2) is 6.91. The van der Waals surface area contributed by atoms with Crippen LogP contribution >= 0.6 is 0 Å². The Balaban J connectivity index is 2.19. The molecule has 0 unspecified atom stereocenters. The molecule has 0 aliphatic heterocycles. The van der Waals surface area contributed by atoms with E-state index in [9.17, 15) is 4.79 Å². The molecule has 0 aliphatic rings. The van der Waals surface area contributed by atoms with Crippen molar-refractivity contribution in [2.75, 3.05) is 20.2 Å². The lowest BCUT2D eigenvalue weighted by molar-refractivity contribution is -0.120. The highest BCUT2D eigenvalue weighted by Gasteiger charge is 2.01. The fourth-order valence-corrected chi connectivity index (χ4v) is 1.17. The van der Waals surface area contributed by atoms with E-state index in [0.29, 0.717) is 26.1 Å². The predicted molar refractivity (Wildman–Crippen MR) is 57.5 cm³/mol. The number of carbonyl (C=O) groups is 1. The number of hydrogen-bond acceptors (Lipinski definition) is 5. The van der Waals surface area contributed by atoms with Crippen molar-refractivity contribution in [1.29, 1.82) is 0 Å². The van der Waals surface area contributed by atoms with E-state index in [-0.39, 0.29) is 12.5 Å². The molecule has 1 heterocycles. The number of aliphatic hydroxyl groups is 1. The number of amides is 1. The zero-order valence-corrected chi connectivity index (χ0v) is 9.31. The highest BCUT2D eigenvalue weighted by molar-refractivity contribution is 5.75. The molecule has 0 fully saturated rings. The minimum Gasteiger partial charge on any atom is -0.394 e. The quantitative estimate of drug-likeness (QED) is 0.493. The standard InChI is InChI=1S/C9H17N5O2/c1-10-9(16)2-3-11-6-8-7-14(4-5-15)13-12-8/h7,11,15H,2-6H2,1H3,(H,10,16). The maximum atomic E-state index is 10.9. The molecule has 0 aromatic carbocycles. The van der Waals surface area contributed by atoms with Crippen LogP contribution in [0.1, 0.15) is 12.1 Å². The zero-order valence-electron chi connectivity index (χ0n) is 9.31. The Bertz CT molecular complexity index is 325. The van der Waals surface area contributed by atoms with Crippen molar-refractivity contribution in [2.24, 2.45) is 0 Å². The first-order chi connectivity index (χ1) is 7.76. The summed E-state index contributed by atoms with van der Waals surface area (Å²) < 4.78 is 1.58. The molecule has 16 heavy (non-hydrogen) atoms. The maximum absolute atomic E-state index is 10.9. The highest BCUT2D eigenvalue weighted by atomic mass is 16.3. The van der Waals surface area contributed by atoms with Gasteiger partial charge in [0.25, 0.3) is 0 Å². The van der Waals surface area contributed by atoms with Gasteiger partial charge in [-0.2, -0.15) is 0 Å². The molecule has 1 aromatic rings. The SMILES string of the molecule is CNC(=O)CCNCc1cn(CCO)nn1. The fourth-order valence-electron chi connectivity index (χ4n) is 1.17. The fraction of sp³-hybridized carbons (Fsp3) is 0.667. The number of hydrogen-bond donors (Lipinski definition) is 3. The molecule has 0 saturated carbocycles. The Morgan fingerprint density at radius 3 is 3.12 bits per heavy atom. The minimum absolute atomic E-state index is 0.0106. The Morgan fingerprint density at radius 2 is 2.44 bits per heavy atom. The number of carbonyl (C=O) groups excluding carboxylic acids is 1. The molecule has 0 spiro atoms. The molecule has 0 bridgehead atoms. The number of nitrogens with zero attached hydrogens (tertiary/aromatic N) is 3. The van der Waals surface area contributed by atoms with Crippen LogP contribution in [0.25, 0.3) is 0 Å². The molecule has 0 aliphatic carbocycles. The summed E-state index contributed by atoms with van der Waals surface area (Å²) >= 11 is 0. The number of aromatic nitrogens is 3. The van der Waals surface area contributed by atoms with Crippen LogP contribution in [-0.4, -0.2) is 46.2 Å². The summed E-state index contributed by atoms with van der Waals surface area (Å²) in [6, 6.07) is 0. The first-order valence-electron chi connectivity index (χ1n) is 5.17. The summed E-state index contributed by atoms with van der Waals surface area (Å²) in [6.45, 7) is 1.67. The van der Waals surface area contributed by atoms with Gasteiger partial charge < -0.3 is 15.7 Å². The Kier molecular flexibility index (Phi) is 5.44. The van der Waals surface area contributed by atoms with Crippen LogP contribution in [0, 0.1) is 0 Å². The van der Waals surface area contributed by atoms with Crippen molar-refractivity contribution < 1.29 is 9.90 Å². The predicted octanol–water partition coefficient (Wildman–Crippen LogP) is -1.50. The Labute approximate surface area is 93.8 Å². The molecule has 0 radical (unpaired) electrons. The van der Waals surface area contributed by atoms with E-state index in [4.69, 9.17) is 5.11 Å². The summed E-state index contributed by atoms with van der Waals surface area (Å²) in [7, 11) is 1.61. The van der Waals surface area contributed by atoms with Gasteiger partial charge in [0.15, 0.2) is 0 Å². The maximum Gasteiger partial charge on any atom is 0.221 e. The molecule has 7 nitrogen and oxygen atoms in total. The first-order valence-corrected chi connectivity index (χ1v) is 5.17. The summed E-state index contributed by atoms with van der Waals surface area (Å²) in [5, 5.41) is 22.0. The van der Waals surface area contributed by atoms with Crippen LogP contribution in [0.4, 0.5) is 0 Å². The number of rotatable bonds is 7. The van der Waals surface area contributed by atoms with E-state index in [2.05, 4.69) is 20.9 Å². The average Bonchev–Trinajstić information content (AvgIpc) is 2.72. The lowest BCUT2D eigenvalue weighted by atomic mass is 10.4. The summed E-state index contributed by atoms with van der Waals surface area (Å²) in [4.78, 5) is 10.9. The smallest absolute Gasteiger partial charge is 0.221 e. The van der Waals surface area contributed by atoms with E-state index in [1.807, 2.05) is 0 Å². The van der Waals surface area contributed by atoms with Crippen molar-refractivity contribution in [3.63, 3.8) is 0 Å². The van der Waals surface area contributed by atoms with Crippen molar-refractivity contribution in [3.05, 3.63) is 11.9 Å². The molecule has 7 heteroatoms. The first kappa shape index (κ1) is 12.6. The van der Waals surface area contributed by atoms with Crippen LogP contribution in [0.15, 0.2) is 6.20 Å². The second-order valence-corrected chi connectivity index (χ2v) is 3.30. The molecule has 0 saturated heterocycles. The van der Waals surface area contributed by atoms with E-state index in [1.54, 1.807) is 17.9 Å². The summed E-state index contributed by atoms with van der Waals surface area (Å²) in [5.74, 6) is 0.0106. The zero-order chi connectivity index (χ0) is 11.8.